The van der Waals surface area contributed by atoms with E-state index >= 15 is 0 Å². The average molecular weight is 282 g/mol. The van der Waals surface area contributed by atoms with Crippen molar-refractivity contribution in [2.24, 2.45) is 5.73 Å². The van der Waals surface area contributed by atoms with Crippen molar-refractivity contribution in [1.29, 1.82) is 5.41 Å². The Balaban J connectivity index is 2.68. The Hall–Kier alpha value is -2.36. The molecule has 0 spiro atoms. The monoisotopic (exact) mass is 282 g/mol. The van der Waals surface area contributed by atoms with Gasteiger partial charge in [-0.15, -0.1) is 0 Å². The molecule has 21 heavy (non-hydrogen) atoms. The number of aryl methyl sites for hydroxylation is 3. The Labute approximate surface area is 126 Å². The van der Waals surface area contributed by atoms with Crippen molar-refractivity contribution < 1.29 is 0 Å². The van der Waals surface area contributed by atoms with E-state index in [9.17, 15) is 0 Å². The summed E-state index contributed by atoms with van der Waals surface area (Å²) in [6, 6.07) is 10.2. The predicted octanol–water partition coefficient (Wildman–Crippen LogP) is 3.45. The summed E-state index contributed by atoms with van der Waals surface area (Å²) < 4.78 is 0. The molecule has 1 heterocycles. The minimum atomic E-state index is 0.0574. The fraction of sp³-hybridized carbons (Fsp3) is 0.294. The van der Waals surface area contributed by atoms with Crippen LogP contribution < -0.4 is 10.6 Å². The Morgan fingerprint density at radius 1 is 1.19 bits per heavy atom. The fourth-order valence-electron chi connectivity index (χ4n) is 2.69. The van der Waals surface area contributed by atoms with Gasteiger partial charge in [0.15, 0.2) is 0 Å². The molecule has 0 radical (unpaired) electrons. The van der Waals surface area contributed by atoms with E-state index in [1.807, 2.05) is 32.0 Å². The molecule has 4 heteroatoms. The summed E-state index contributed by atoms with van der Waals surface area (Å²) in [5, 5.41) is 7.88. The zero-order chi connectivity index (χ0) is 15.6. The second-order valence-corrected chi connectivity index (χ2v) is 5.19. The molecule has 0 aliphatic rings. The van der Waals surface area contributed by atoms with Gasteiger partial charge in [0.2, 0.25) is 0 Å². The number of benzene rings is 1. The Kier molecular flexibility index (Phi) is 4.26. The van der Waals surface area contributed by atoms with E-state index in [2.05, 4.69) is 35.9 Å². The largest absolute Gasteiger partial charge is 0.384 e. The van der Waals surface area contributed by atoms with Crippen LogP contribution in [0.4, 0.5) is 11.4 Å². The van der Waals surface area contributed by atoms with Crippen LogP contribution in [0.15, 0.2) is 30.3 Å². The molecule has 2 rings (SSSR count). The third-order valence-electron chi connectivity index (χ3n) is 3.59. The molecule has 2 aromatic rings. The quantitative estimate of drug-likeness (QED) is 0.666. The molecule has 0 saturated carbocycles. The van der Waals surface area contributed by atoms with Gasteiger partial charge in [0.05, 0.1) is 16.9 Å². The summed E-state index contributed by atoms with van der Waals surface area (Å²) in [6.45, 7) is 8.85. The van der Waals surface area contributed by atoms with Crippen molar-refractivity contribution in [3.05, 3.63) is 52.8 Å². The SMILES string of the molecule is CCN(c1ccccc1C)c1cc(C)nc(C)c1C(=N)N. The van der Waals surface area contributed by atoms with E-state index in [0.29, 0.717) is 5.56 Å². The van der Waals surface area contributed by atoms with Crippen molar-refractivity contribution in [2.75, 3.05) is 11.4 Å². The lowest BCUT2D eigenvalue weighted by Gasteiger charge is -2.28. The van der Waals surface area contributed by atoms with E-state index in [1.165, 1.54) is 5.56 Å². The van der Waals surface area contributed by atoms with Crippen LogP contribution >= 0.6 is 0 Å². The Morgan fingerprint density at radius 2 is 1.86 bits per heavy atom. The fourth-order valence-corrected chi connectivity index (χ4v) is 2.69. The molecule has 0 amide bonds. The molecule has 0 saturated heterocycles. The van der Waals surface area contributed by atoms with Crippen molar-refractivity contribution in [1.82, 2.24) is 4.98 Å². The highest BCUT2D eigenvalue weighted by Crippen LogP contribution is 2.32. The smallest absolute Gasteiger partial charge is 0.126 e. The van der Waals surface area contributed by atoms with Crippen molar-refractivity contribution in [3.63, 3.8) is 0 Å². The molecule has 4 nitrogen and oxygen atoms in total. The highest BCUT2D eigenvalue weighted by molar-refractivity contribution is 6.02. The Morgan fingerprint density at radius 3 is 2.43 bits per heavy atom. The van der Waals surface area contributed by atoms with E-state index in [-0.39, 0.29) is 5.84 Å². The molecule has 0 fully saturated rings. The maximum Gasteiger partial charge on any atom is 0.126 e. The molecule has 0 aliphatic carbocycles. The maximum atomic E-state index is 7.88. The third-order valence-corrected chi connectivity index (χ3v) is 3.59. The molecule has 0 bridgehead atoms. The molecule has 3 N–H and O–H groups in total. The predicted molar refractivity (Wildman–Crippen MR) is 88.6 cm³/mol. The van der Waals surface area contributed by atoms with Gasteiger partial charge in [0.1, 0.15) is 5.84 Å². The molecule has 0 atom stereocenters. The van der Waals surface area contributed by atoms with E-state index < -0.39 is 0 Å². The number of nitrogens with zero attached hydrogens (tertiary/aromatic N) is 2. The Bertz CT molecular complexity index is 676. The van der Waals surface area contributed by atoms with Gasteiger partial charge < -0.3 is 10.6 Å². The summed E-state index contributed by atoms with van der Waals surface area (Å²) >= 11 is 0. The molecule has 0 aliphatic heterocycles. The third kappa shape index (κ3) is 2.89. The number of nitrogens with two attached hydrogens (primary N) is 1. The first-order valence-electron chi connectivity index (χ1n) is 7.11. The number of nitrogen functional groups attached to an aromatic ring is 1. The molecule has 0 unspecified atom stereocenters. The van der Waals surface area contributed by atoms with Crippen LogP contribution in [0, 0.1) is 26.2 Å². The number of amidine groups is 1. The molecule has 1 aromatic carbocycles. The van der Waals surface area contributed by atoms with Gasteiger partial charge in [0, 0.05) is 17.9 Å². The summed E-state index contributed by atoms with van der Waals surface area (Å²) in [4.78, 5) is 6.63. The molecule has 1 aromatic heterocycles. The van der Waals surface area contributed by atoms with Crippen molar-refractivity contribution >= 4 is 17.2 Å². The lowest BCUT2D eigenvalue weighted by atomic mass is 10.1. The second kappa shape index (κ2) is 5.95. The summed E-state index contributed by atoms with van der Waals surface area (Å²) in [6.07, 6.45) is 0. The van der Waals surface area contributed by atoms with Crippen LogP contribution in [0.25, 0.3) is 0 Å². The molecule has 110 valence electrons. The van der Waals surface area contributed by atoms with E-state index in [0.717, 1.165) is 29.3 Å². The number of aromatic nitrogens is 1. The zero-order valence-electron chi connectivity index (χ0n) is 13.1. The summed E-state index contributed by atoms with van der Waals surface area (Å²) in [5.41, 5.74) is 11.5. The zero-order valence-corrected chi connectivity index (χ0v) is 13.1. The minimum absolute atomic E-state index is 0.0574. The van der Waals surface area contributed by atoms with Gasteiger partial charge >= 0.3 is 0 Å². The highest BCUT2D eigenvalue weighted by atomic mass is 15.1. The summed E-state index contributed by atoms with van der Waals surface area (Å²) in [5.74, 6) is 0.0574. The van der Waals surface area contributed by atoms with Crippen LogP contribution in [0.1, 0.15) is 29.4 Å². The van der Waals surface area contributed by atoms with Gasteiger partial charge in [-0.25, -0.2) is 0 Å². The number of anilines is 2. The van der Waals surface area contributed by atoms with Gasteiger partial charge in [-0.05, 0) is 45.4 Å². The van der Waals surface area contributed by atoms with Crippen LogP contribution in [0.5, 0.6) is 0 Å². The summed E-state index contributed by atoms with van der Waals surface area (Å²) in [7, 11) is 0. The highest BCUT2D eigenvalue weighted by Gasteiger charge is 2.18. The van der Waals surface area contributed by atoms with Crippen molar-refractivity contribution in [3.8, 4) is 0 Å². The second-order valence-electron chi connectivity index (χ2n) is 5.19. The van der Waals surface area contributed by atoms with Crippen LogP contribution in [-0.2, 0) is 0 Å². The first-order chi connectivity index (χ1) is 9.95. The lowest BCUT2D eigenvalue weighted by molar-refractivity contribution is 0.992. The lowest BCUT2D eigenvalue weighted by Crippen LogP contribution is -2.24. The van der Waals surface area contributed by atoms with Crippen LogP contribution in [-0.4, -0.2) is 17.4 Å². The first-order valence-corrected chi connectivity index (χ1v) is 7.11. The first kappa shape index (κ1) is 15.0. The average Bonchev–Trinajstić information content (AvgIpc) is 2.40. The number of hydrogen-bond donors (Lipinski definition) is 2. The molecular weight excluding hydrogens is 260 g/mol. The minimum Gasteiger partial charge on any atom is -0.384 e. The van der Waals surface area contributed by atoms with Gasteiger partial charge in [-0.1, -0.05) is 18.2 Å². The maximum absolute atomic E-state index is 7.88. The van der Waals surface area contributed by atoms with Crippen LogP contribution in [0.2, 0.25) is 0 Å². The van der Waals surface area contributed by atoms with Crippen LogP contribution in [0.3, 0.4) is 0 Å². The standard InChI is InChI=1S/C17H22N4/c1-5-21(14-9-7-6-8-11(14)2)15-10-12(3)20-13(4)16(15)17(18)19/h6-10H,5H2,1-4H3,(H3,18,19). The number of para-hydroxylation sites is 1. The van der Waals surface area contributed by atoms with E-state index in [4.69, 9.17) is 11.1 Å². The number of rotatable bonds is 4. The number of hydrogen-bond acceptors (Lipinski definition) is 3. The normalized spacial score (nSPS) is 10.5. The number of nitrogens with one attached hydrogen (secondary N) is 1. The topological polar surface area (TPSA) is 66.0 Å². The molecular formula is C17H22N4. The van der Waals surface area contributed by atoms with Gasteiger partial charge in [-0.3, -0.25) is 10.4 Å². The number of pyridine rings is 1. The van der Waals surface area contributed by atoms with Crippen molar-refractivity contribution in [2.45, 2.75) is 27.7 Å². The van der Waals surface area contributed by atoms with Gasteiger partial charge in [-0.2, -0.15) is 0 Å². The van der Waals surface area contributed by atoms with E-state index in [1.54, 1.807) is 0 Å². The van der Waals surface area contributed by atoms with Gasteiger partial charge in [0.25, 0.3) is 0 Å².